The van der Waals surface area contributed by atoms with Crippen LogP contribution in [0.5, 0.6) is 5.75 Å². The van der Waals surface area contributed by atoms with E-state index >= 15 is 0 Å². The lowest BCUT2D eigenvalue weighted by Gasteiger charge is -2.22. The minimum Gasteiger partial charge on any atom is -0.481 e. The molecule has 150 valence electrons. The number of amides is 2. The van der Waals surface area contributed by atoms with Gasteiger partial charge in [0.1, 0.15) is 5.75 Å². The zero-order chi connectivity index (χ0) is 20.5. The van der Waals surface area contributed by atoms with E-state index in [-0.39, 0.29) is 11.8 Å². The number of rotatable bonds is 9. The van der Waals surface area contributed by atoms with Crippen molar-refractivity contribution in [2.45, 2.75) is 46.6 Å². The predicted molar refractivity (Wildman–Crippen MR) is 113 cm³/mol. The SMILES string of the molecule is CCCN(CCC)C(=O)c1cccc(NC(=O)C(C)Oc2cccc(C)c2)c1. The van der Waals surface area contributed by atoms with E-state index in [1.54, 1.807) is 31.2 Å². The van der Waals surface area contributed by atoms with Crippen molar-refractivity contribution < 1.29 is 14.3 Å². The van der Waals surface area contributed by atoms with Gasteiger partial charge in [-0.05, 0) is 62.6 Å². The molecule has 5 nitrogen and oxygen atoms in total. The molecule has 0 aliphatic heterocycles. The van der Waals surface area contributed by atoms with Gasteiger partial charge in [-0.2, -0.15) is 0 Å². The van der Waals surface area contributed by atoms with Crippen LogP contribution in [0.3, 0.4) is 0 Å². The molecule has 0 aliphatic carbocycles. The fourth-order valence-electron chi connectivity index (χ4n) is 2.96. The third-order valence-electron chi connectivity index (χ3n) is 4.32. The number of aryl methyl sites for hydroxylation is 1. The Morgan fingerprint density at radius 1 is 1.04 bits per heavy atom. The monoisotopic (exact) mass is 382 g/mol. The van der Waals surface area contributed by atoms with Gasteiger partial charge in [0.05, 0.1) is 0 Å². The summed E-state index contributed by atoms with van der Waals surface area (Å²) in [6.45, 7) is 9.25. The first-order valence-corrected chi connectivity index (χ1v) is 9.88. The van der Waals surface area contributed by atoms with Crippen LogP contribution in [0, 0.1) is 6.92 Å². The molecular weight excluding hydrogens is 352 g/mol. The quantitative estimate of drug-likeness (QED) is 0.686. The largest absolute Gasteiger partial charge is 0.481 e. The third-order valence-corrected chi connectivity index (χ3v) is 4.32. The molecule has 5 heteroatoms. The van der Waals surface area contributed by atoms with E-state index in [1.165, 1.54) is 0 Å². The number of carbonyl (C=O) groups is 2. The van der Waals surface area contributed by atoms with Crippen molar-refractivity contribution in [3.63, 3.8) is 0 Å². The molecule has 1 N–H and O–H groups in total. The third kappa shape index (κ3) is 6.12. The van der Waals surface area contributed by atoms with Crippen LogP contribution in [0.2, 0.25) is 0 Å². The molecule has 2 rings (SSSR count). The van der Waals surface area contributed by atoms with E-state index in [0.29, 0.717) is 17.0 Å². The first kappa shape index (κ1) is 21.5. The summed E-state index contributed by atoms with van der Waals surface area (Å²) >= 11 is 0. The zero-order valence-corrected chi connectivity index (χ0v) is 17.2. The second kappa shape index (κ2) is 10.5. The highest BCUT2D eigenvalue weighted by Gasteiger charge is 2.17. The van der Waals surface area contributed by atoms with E-state index in [4.69, 9.17) is 4.74 Å². The number of nitrogens with zero attached hydrogens (tertiary/aromatic N) is 1. The second-order valence-corrected chi connectivity index (χ2v) is 6.94. The summed E-state index contributed by atoms with van der Waals surface area (Å²) in [4.78, 5) is 27.1. The van der Waals surface area contributed by atoms with Crippen molar-refractivity contribution >= 4 is 17.5 Å². The van der Waals surface area contributed by atoms with E-state index < -0.39 is 6.10 Å². The van der Waals surface area contributed by atoms with E-state index in [1.807, 2.05) is 36.1 Å². The lowest BCUT2D eigenvalue weighted by Crippen LogP contribution is -2.33. The fourth-order valence-corrected chi connectivity index (χ4v) is 2.96. The average Bonchev–Trinajstić information content (AvgIpc) is 2.67. The summed E-state index contributed by atoms with van der Waals surface area (Å²) in [5, 5.41) is 2.84. The number of hydrogen-bond donors (Lipinski definition) is 1. The van der Waals surface area contributed by atoms with Crippen LogP contribution >= 0.6 is 0 Å². The van der Waals surface area contributed by atoms with Crippen LogP contribution in [-0.2, 0) is 4.79 Å². The van der Waals surface area contributed by atoms with Crippen LogP contribution in [-0.4, -0.2) is 35.9 Å². The van der Waals surface area contributed by atoms with Crippen LogP contribution in [0.25, 0.3) is 0 Å². The Morgan fingerprint density at radius 3 is 2.36 bits per heavy atom. The molecule has 0 aromatic heterocycles. The van der Waals surface area contributed by atoms with Crippen molar-refractivity contribution in [3.05, 3.63) is 59.7 Å². The second-order valence-electron chi connectivity index (χ2n) is 6.94. The Hall–Kier alpha value is -2.82. The number of carbonyl (C=O) groups excluding carboxylic acids is 2. The standard InChI is InChI=1S/C23H30N2O3/c1-5-13-25(14-6-2)23(27)19-10-8-11-20(16-19)24-22(26)18(4)28-21-12-7-9-17(3)15-21/h7-12,15-16,18H,5-6,13-14H2,1-4H3,(H,24,26). The number of ether oxygens (including phenoxy) is 1. The maximum atomic E-state index is 12.8. The summed E-state index contributed by atoms with van der Waals surface area (Å²) in [5.74, 6) is 0.385. The number of nitrogens with one attached hydrogen (secondary N) is 1. The number of benzene rings is 2. The highest BCUT2D eigenvalue weighted by molar-refractivity contribution is 5.98. The molecule has 1 unspecified atom stereocenters. The van der Waals surface area contributed by atoms with Gasteiger partial charge in [0.2, 0.25) is 0 Å². The van der Waals surface area contributed by atoms with Crippen molar-refractivity contribution in [2.24, 2.45) is 0 Å². The molecule has 1 atom stereocenters. The molecular formula is C23H30N2O3. The summed E-state index contributed by atoms with van der Waals surface area (Å²) < 4.78 is 5.72. The highest BCUT2D eigenvalue weighted by Crippen LogP contribution is 2.17. The lowest BCUT2D eigenvalue weighted by molar-refractivity contribution is -0.122. The van der Waals surface area contributed by atoms with E-state index in [0.717, 1.165) is 31.5 Å². The summed E-state index contributed by atoms with van der Waals surface area (Å²) in [6.07, 6.45) is 1.17. The first-order chi connectivity index (χ1) is 13.4. The normalized spacial score (nSPS) is 11.6. The summed E-state index contributed by atoms with van der Waals surface area (Å²) in [7, 11) is 0. The minimum atomic E-state index is -0.655. The average molecular weight is 383 g/mol. The van der Waals surface area contributed by atoms with Gasteiger partial charge < -0.3 is 15.0 Å². The molecule has 0 spiro atoms. The molecule has 2 amide bonds. The fraction of sp³-hybridized carbons (Fsp3) is 0.391. The highest BCUT2D eigenvalue weighted by atomic mass is 16.5. The van der Waals surface area contributed by atoms with Crippen LogP contribution < -0.4 is 10.1 Å². The molecule has 2 aromatic rings. The Bertz CT molecular complexity index is 798. The molecule has 0 fully saturated rings. The first-order valence-electron chi connectivity index (χ1n) is 9.88. The molecule has 2 aromatic carbocycles. The van der Waals surface area contributed by atoms with Gasteiger partial charge in [-0.3, -0.25) is 9.59 Å². The maximum Gasteiger partial charge on any atom is 0.265 e. The van der Waals surface area contributed by atoms with E-state index in [2.05, 4.69) is 19.2 Å². The molecule has 0 saturated heterocycles. The lowest BCUT2D eigenvalue weighted by atomic mass is 10.1. The van der Waals surface area contributed by atoms with Crippen molar-refractivity contribution in [1.29, 1.82) is 0 Å². The van der Waals surface area contributed by atoms with Crippen LogP contribution in [0.15, 0.2) is 48.5 Å². The summed E-state index contributed by atoms with van der Waals surface area (Å²) in [5.41, 5.74) is 2.23. The maximum absolute atomic E-state index is 12.8. The topological polar surface area (TPSA) is 58.6 Å². The predicted octanol–water partition coefficient (Wildman–Crippen LogP) is 4.66. The van der Waals surface area contributed by atoms with Gasteiger partial charge in [-0.25, -0.2) is 0 Å². The van der Waals surface area contributed by atoms with Crippen molar-refractivity contribution in [3.8, 4) is 5.75 Å². The molecule has 0 bridgehead atoms. The Labute approximate surface area is 167 Å². The van der Waals surface area contributed by atoms with Gasteiger partial charge in [0.15, 0.2) is 6.10 Å². The van der Waals surface area contributed by atoms with Gasteiger partial charge in [0, 0.05) is 24.3 Å². The Balaban J connectivity index is 2.04. The van der Waals surface area contributed by atoms with Crippen LogP contribution in [0.1, 0.15) is 49.5 Å². The molecule has 0 heterocycles. The van der Waals surface area contributed by atoms with Crippen molar-refractivity contribution in [1.82, 2.24) is 4.90 Å². The van der Waals surface area contributed by atoms with Gasteiger partial charge in [0.25, 0.3) is 11.8 Å². The number of hydrogen-bond acceptors (Lipinski definition) is 3. The van der Waals surface area contributed by atoms with Gasteiger partial charge >= 0.3 is 0 Å². The molecule has 28 heavy (non-hydrogen) atoms. The minimum absolute atomic E-state index is 0.0103. The smallest absolute Gasteiger partial charge is 0.265 e. The van der Waals surface area contributed by atoms with Gasteiger partial charge in [-0.1, -0.05) is 32.0 Å². The molecule has 0 aliphatic rings. The van der Waals surface area contributed by atoms with Gasteiger partial charge in [-0.15, -0.1) is 0 Å². The molecule has 0 radical (unpaired) electrons. The Kier molecular flexibility index (Phi) is 8.05. The molecule has 0 saturated carbocycles. The number of anilines is 1. The van der Waals surface area contributed by atoms with E-state index in [9.17, 15) is 9.59 Å². The summed E-state index contributed by atoms with van der Waals surface area (Å²) in [6, 6.07) is 14.6. The Morgan fingerprint density at radius 2 is 1.71 bits per heavy atom. The zero-order valence-electron chi connectivity index (χ0n) is 17.2. The van der Waals surface area contributed by atoms with Crippen LogP contribution in [0.4, 0.5) is 5.69 Å². The van der Waals surface area contributed by atoms with Crippen molar-refractivity contribution in [2.75, 3.05) is 18.4 Å².